The third-order valence-corrected chi connectivity index (χ3v) is 2.49. The lowest BCUT2D eigenvalue weighted by Gasteiger charge is -2.09. The smallest absolute Gasteiger partial charge is 0.315 e. The van der Waals surface area contributed by atoms with Crippen LogP contribution in [0.2, 0.25) is 0 Å². The first-order chi connectivity index (χ1) is 6.20. The van der Waals surface area contributed by atoms with Crippen molar-refractivity contribution in [3.05, 3.63) is 24.5 Å². The van der Waals surface area contributed by atoms with Crippen molar-refractivity contribution in [3.8, 4) is 0 Å². The Bertz CT molecular complexity index is 363. The van der Waals surface area contributed by atoms with Crippen LogP contribution in [0.3, 0.4) is 0 Å². The topological polar surface area (TPSA) is 55.1 Å². The van der Waals surface area contributed by atoms with Gasteiger partial charge >= 0.3 is 5.97 Å². The first kappa shape index (κ1) is 8.04. The Hall–Kier alpha value is -1.58. The molecule has 0 atom stereocenters. The van der Waals surface area contributed by atoms with E-state index in [1.54, 1.807) is 12.3 Å². The molecule has 2 rings (SSSR count). The number of carboxylic acid groups (broad SMARTS) is 1. The van der Waals surface area contributed by atoms with Crippen molar-refractivity contribution in [1.29, 1.82) is 0 Å². The molecule has 1 saturated carbocycles. The van der Waals surface area contributed by atoms with Crippen LogP contribution in [0.15, 0.2) is 18.8 Å². The molecule has 1 fully saturated rings. The highest BCUT2D eigenvalue weighted by atomic mass is 16.4. The second-order valence-corrected chi connectivity index (χ2v) is 3.23. The molecular formula is C9H10N2O2. The summed E-state index contributed by atoms with van der Waals surface area (Å²) in [6.45, 7) is 3.57. The van der Waals surface area contributed by atoms with E-state index in [2.05, 4.69) is 11.7 Å². The number of hydrogen-bond acceptors (Lipinski definition) is 2. The van der Waals surface area contributed by atoms with Crippen LogP contribution in [0.4, 0.5) is 0 Å². The number of rotatable bonds is 3. The highest BCUT2D eigenvalue weighted by Crippen LogP contribution is 2.48. The summed E-state index contributed by atoms with van der Waals surface area (Å²) in [6, 6.07) is 1.74. The lowest BCUT2D eigenvalue weighted by Crippen LogP contribution is -2.22. The molecule has 4 nitrogen and oxygen atoms in total. The molecule has 4 heteroatoms. The van der Waals surface area contributed by atoms with Gasteiger partial charge in [0.2, 0.25) is 0 Å². The number of carbonyl (C=O) groups is 1. The van der Waals surface area contributed by atoms with Crippen molar-refractivity contribution in [2.45, 2.75) is 18.3 Å². The van der Waals surface area contributed by atoms with Crippen LogP contribution >= 0.6 is 0 Å². The van der Waals surface area contributed by atoms with Crippen molar-refractivity contribution in [2.75, 3.05) is 0 Å². The van der Waals surface area contributed by atoms with E-state index in [0.717, 1.165) is 5.69 Å². The average Bonchev–Trinajstić information content (AvgIpc) is 2.78. The SMILES string of the molecule is C=Cn1nccc1C1(C(=O)O)CC1. The molecule has 0 radical (unpaired) electrons. The van der Waals surface area contributed by atoms with Gasteiger partial charge in [-0.3, -0.25) is 4.79 Å². The van der Waals surface area contributed by atoms with Crippen molar-refractivity contribution in [3.63, 3.8) is 0 Å². The van der Waals surface area contributed by atoms with Crippen LogP contribution in [0.25, 0.3) is 6.20 Å². The van der Waals surface area contributed by atoms with E-state index in [4.69, 9.17) is 5.11 Å². The van der Waals surface area contributed by atoms with Gasteiger partial charge in [0, 0.05) is 12.4 Å². The van der Waals surface area contributed by atoms with Crippen LogP contribution in [-0.2, 0) is 10.2 Å². The maximum Gasteiger partial charge on any atom is 0.315 e. The van der Waals surface area contributed by atoms with E-state index in [1.165, 1.54) is 10.9 Å². The molecule has 1 N–H and O–H groups in total. The summed E-state index contributed by atoms with van der Waals surface area (Å²) >= 11 is 0. The molecule has 1 aliphatic rings. The lowest BCUT2D eigenvalue weighted by molar-refractivity contribution is -0.140. The molecule has 1 aromatic heterocycles. The van der Waals surface area contributed by atoms with Gasteiger partial charge in [0.15, 0.2) is 0 Å². The zero-order chi connectivity index (χ0) is 9.47. The minimum absolute atomic E-state index is 0.690. The highest BCUT2D eigenvalue weighted by molar-refractivity contribution is 5.84. The minimum Gasteiger partial charge on any atom is -0.481 e. The van der Waals surface area contributed by atoms with E-state index in [0.29, 0.717) is 12.8 Å². The van der Waals surface area contributed by atoms with Crippen LogP contribution in [0.1, 0.15) is 18.5 Å². The first-order valence-electron chi connectivity index (χ1n) is 4.11. The second-order valence-electron chi connectivity index (χ2n) is 3.23. The number of nitrogens with zero attached hydrogens (tertiary/aromatic N) is 2. The Balaban J connectivity index is 2.45. The van der Waals surface area contributed by atoms with E-state index < -0.39 is 11.4 Å². The molecule has 0 bridgehead atoms. The molecule has 13 heavy (non-hydrogen) atoms. The van der Waals surface area contributed by atoms with Gasteiger partial charge in [-0.15, -0.1) is 0 Å². The van der Waals surface area contributed by atoms with Crippen LogP contribution < -0.4 is 0 Å². The number of hydrogen-bond donors (Lipinski definition) is 1. The molecule has 1 aliphatic carbocycles. The van der Waals surface area contributed by atoms with E-state index in [1.807, 2.05) is 0 Å². The Kier molecular flexibility index (Phi) is 1.52. The maximum absolute atomic E-state index is 11.0. The first-order valence-corrected chi connectivity index (χ1v) is 4.11. The molecule has 1 aromatic rings. The van der Waals surface area contributed by atoms with Gasteiger partial charge in [-0.25, -0.2) is 4.68 Å². The van der Waals surface area contributed by atoms with Gasteiger partial charge in [-0.05, 0) is 18.9 Å². The largest absolute Gasteiger partial charge is 0.481 e. The molecule has 0 unspecified atom stereocenters. The molecule has 1 heterocycles. The Morgan fingerprint density at radius 1 is 1.77 bits per heavy atom. The Labute approximate surface area is 75.5 Å². The van der Waals surface area contributed by atoms with E-state index in [-0.39, 0.29) is 0 Å². The predicted molar refractivity (Wildman–Crippen MR) is 47.2 cm³/mol. The second kappa shape index (κ2) is 2.45. The summed E-state index contributed by atoms with van der Waals surface area (Å²) in [5.41, 5.74) is 0.0417. The number of carboxylic acids is 1. The summed E-state index contributed by atoms with van der Waals surface area (Å²) in [5, 5.41) is 13.0. The molecule has 0 spiro atoms. The fourth-order valence-electron chi connectivity index (χ4n) is 1.54. The summed E-state index contributed by atoms with van der Waals surface area (Å²) in [7, 11) is 0. The van der Waals surface area contributed by atoms with Gasteiger partial charge in [0.1, 0.15) is 5.41 Å². The zero-order valence-corrected chi connectivity index (χ0v) is 7.10. The van der Waals surface area contributed by atoms with Gasteiger partial charge in [0.25, 0.3) is 0 Å². The standard InChI is InChI=1S/C9H10N2O2/c1-2-11-7(3-6-10-11)9(4-5-9)8(12)13/h2-3,6H,1,4-5H2,(H,12,13). The third-order valence-electron chi connectivity index (χ3n) is 2.49. The molecule has 0 amide bonds. The van der Waals surface area contributed by atoms with E-state index in [9.17, 15) is 4.79 Å². The number of aliphatic carboxylic acids is 1. The summed E-state index contributed by atoms with van der Waals surface area (Å²) in [5.74, 6) is -0.767. The van der Waals surface area contributed by atoms with Gasteiger partial charge in [-0.1, -0.05) is 6.58 Å². The summed E-state index contributed by atoms with van der Waals surface area (Å²) in [4.78, 5) is 11.0. The zero-order valence-electron chi connectivity index (χ0n) is 7.10. The molecule has 0 saturated heterocycles. The van der Waals surface area contributed by atoms with Crippen molar-refractivity contribution in [1.82, 2.24) is 9.78 Å². The maximum atomic E-state index is 11.0. The highest BCUT2D eigenvalue weighted by Gasteiger charge is 2.53. The van der Waals surface area contributed by atoms with Crippen molar-refractivity contribution < 1.29 is 9.90 Å². The van der Waals surface area contributed by atoms with Gasteiger partial charge < -0.3 is 5.11 Å². The van der Waals surface area contributed by atoms with Crippen LogP contribution in [0, 0.1) is 0 Å². The lowest BCUT2D eigenvalue weighted by atomic mass is 10.0. The quantitative estimate of drug-likeness (QED) is 0.754. The minimum atomic E-state index is -0.767. The number of aromatic nitrogens is 2. The summed E-state index contributed by atoms with van der Waals surface area (Å²) < 4.78 is 1.53. The molecule has 68 valence electrons. The average molecular weight is 178 g/mol. The fraction of sp³-hybridized carbons (Fsp3) is 0.333. The van der Waals surface area contributed by atoms with E-state index >= 15 is 0 Å². The summed E-state index contributed by atoms with van der Waals surface area (Å²) in [6.07, 6.45) is 4.52. The Morgan fingerprint density at radius 3 is 2.92 bits per heavy atom. The monoisotopic (exact) mass is 178 g/mol. The molecule has 0 aromatic carbocycles. The normalized spacial score (nSPS) is 18.2. The Morgan fingerprint density at radius 2 is 2.46 bits per heavy atom. The van der Waals surface area contributed by atoms with Crippen molar-refractivity contribution >= 4 is 12.2 Å². The van der Waals surface area contributed by atoms with Crippen molar-refractivity contribution in [2.24, 2.45) is 0 Å². The van der Waals surface area contributed by atoms with Crippen LogP contribution in [-0.4, -0.2) is 20.9 Å². The van der Waals surface area contributed by atoms with Gasteiger partial charge in [0.05, 0.1) is 5.69 Å². The predicted octanol–water partition coefficient (Wildman–Crippen LogP) is 1.10. The molecule has 0 aliphatic heterocycles. The fourth-order valence-corrected chi connectivity index (χ4v) is 1.54. The third kappa shape index (κ3) is 0.983. The van der Waals surface area contributed by atoms with Crippen LogP contribution in [0.5, 0.6) is 0 Å². The molecular weight excluding hydrogens is 168 g/mol. The van der Waals surface area contributed by atoms with Gasteiger partial charge in [-0.2, -0.15) is 5.10 Å².